The van der Waals surface area contributed by atoms with E-state index >= 15 is 0 Å². The SMILES string of the molecule is CCCc1occc1C(=O)NCC(C(=O)O)c1ccc(F)cc1. The number of carbonyl (C=O) groups excluding carboxylic acids is 1. The molecule has 1 unspecified atom stereocenters. The number of hydrogen-bond donors (Lipinski definition) is 2. The van der Waals surface area contributed by atoms with Crippen LogP contribution in [0.1, 0.15) is 40.9 Å². The number of nitrogens with one attached hydrogen (secondary N) is 1. The number of halogens is 1. The first-order valence-electron chi connectivity index (χ1n) is 7.35. The highest BCUT2D eigenvalue weighted by Gasteiger charge is 2.22. The smallest absolute Gasteiger partial charge is 0.312 e. The number of benzene rings is 1. The molecule has 0 spiro atoms. The average molecular weight is 319 g/mol. The summed E-state index contributed by atoms with van der Waals surface area (Å²) in [6, 6.07) is 6.76. The van der Waals surface area contributed by atoms with E-state index in [4.69, 9.17) is 4.42 Å². The van der Waals surface area contributed by atoms with E-state index in [1.54, 1.807) is 6.07 Å². The van der Waals surface area contributed by atoms with Crippen molar-refractivity contribution in [2.75, 3.05) is 6.54 Å². The van der Waals surface area contributed by atoms with Crippen LogP contribution in [-0.2, 0) is 11.2 Å². The summed E-state index contributed by atoms with van der Waals surface area (Å²) in [5.41, 5.74) is 0.843. The maximum absolute atomic E-state index is 12.9. The van der Waals surface area contributed by atoms with E-state index in [1.165, 1.54) is 30.5 Å². The maximum Gasteiger partial charge on any atom is 0.312 e. The second-order valence-electron chi connectivity index (χ2n) is 5.16. The normalized spacial score (nSPS) is 11.9. The van der Waals surface area contributed by atoms with E-state index < -0.39 is 17.7 Å². The fraction of sp³-hybridized carbons (Fsp3) is 0.294. The van der Waals surface area contributed by atoms with Crippen LogP contribution < -0.4 is 5.32 Å². The Morgan fingerprint density at radius 1 is 1.26 bits per heavy atom. The van der Waals surface area contributed by atoms with E-state index in [2.05, 4.69) is 5.32 Å². The molecule has 23 heavy (non-hydrogen) atoms. The molecule has 0 saturated carbocycles. The van der Waals surface area contributed by atoms with Gasteiger partial charge in [0.25, 0.3) is 5.91 Å². The number of carboxylic acid groups (broad SMARTS) is 1. The van der Waals surface area contributed by atoms with Gasteiger partial charge in [0.1, 0.15) is 11.6 Å². The lowest BCUT2D eigenvalue weighted by atomic mass is 9.99. The van der Waals surface area contributed by atoms with Crippen LogP contribution in [-0.4, -0.2) is 23.5 Å². The molecule has 0 saturated heterocycles. The zero-order valence-electron chi connectivity index (χ0n) is 12.7. The number of rotatable bonds is 7. The van der Waals surface area contributed by atoms with E-state index in [0.29, 0.717) is 23.3 Å². The molecule has 2 aromatic rings. The Bertz CT molecular complexity index is 678. The van der Waals surface area contributed by atoms with Gasteiger partial charge in [-0.3, -0.25) is 9.59 Å². The zero-order valence-corrected chi connectivity index (χ0v) is 12.7. The summed E-state index contributed by atoms with van der Waals surface area (Å²) in [4.78, 5) is 23.6. The first kappa shape index (κ1) is 16.7. The van der Waals surface area contributed by atoms with Gasteiger partial charge in [-0.25, -0.2) is 4.39 Å². The number of hydrogen-bond acceptors (Lipinski definition) is 3. The number of aryl methyl sites for hydroxylation is 1. The zero-order chi connectivity index (χ0) is 16.8. The molecule has 1 atom stereocenters. The van der Waals surface area contributed by atoms with E-state index in [1.807, 2.05) is 6.92 Å². The third kappa shape index (κ3) is 4.18. The van der Waals surface area contributed by atoms with Gasteiger partial charge in [0.15, 0.2) is 0 Å². The minimum Gasteiger partial charge on any atom is -0.481 e. The maximum atomic E-state index is 12.9. The lowest BCUT2D eigenvalue weighted by Crippen LogP contribution is -2.32. The highest BCUT2D eigenvalue weighted by atomic mass is 19.1. The van der Waals surface area contributed by atoms with Crippen molar-refractivity contribution in [2.45, 2.75) is 25.7 Å². The van der Waals surface area contributed by atoms with Crippen molar-refractivity contribution in [3.8, 4) is 0 Å². The number of carboxylic acids is 1. The first-order chi connectivity index (χ1) is 11.0. The number of furan rings is 1. The molecule has 1 aromatic heterocycles. The molecule has 2 rings (SSSR count). The number of carbonyl (C=O) groups is 2. The van der Waals surface area contributed by atoms with E-state index in [0.717, 1.165) is 6.42 Å². The summed E-state index contributed by atoms with van der Waals surface area (Å²) >= 11 is 0. The second-order valence-corrected chi connectivity index (χ2v) is 5.16. The topological polar surface area (TPSA) is 79.5 Å². The van der Waals surface area contributed by atoms with Gasteiger partial charge in [-0.05, 0) is 30.2 Å². The van der Waals surface area contributed by atoms with E-state index in [-0.39, 0.29) is 12.5 Å². The van der Waals surface area contributed by atoms with Gasteiger partial charge in [0, 0.05) is 13.0 Å². The van der Waals surface area contributed by atoms with Crippen LogP contribution >= 0.6 is 0 Å². The molecule has 0 bridgehead atoms. The quantitative estimate of drug-likeness (QED) is 0.822. The van der Waals surface area contributed by atoms with Gasteiger partial charge >= 0.3 is 5.97 Å². The molecule has 6 heteroatoms. The van der Waals surface area contributed by atoms with Gasteiger partial charge in [0.2, 0.25) is 0 Å². The van der Waals surface area contributed by atoms with Crippen LogP contribution in [0.5, 0.6) is 0 Å². The van der Waals surface area contributed by atoms with Crippen LogP contribution in [0.2, 0.25) is 0 Å². The van der Waals surface area contributed by atoms with Gasteiger partial charge in [-0.15, -0.1) is 0 Å². The van der Waals surface area contributed by atoms with Crippen molar-refractivity contribution < 1.29 is 23.5 Å². The van der Waals surface area contributed by atoms with Crippen LogP contribution in [0.4, 0.5) is 4.39 Å². The van der Waals surface area contributed by atoms with Gasteiger partial charge < -0.3 is 14.8 Å². The molecule has 0 radical (unpaired) electrons. The molecule has 0 aliphatic rings. The van der Waals surface area contributed by atoms with Crippen LogP contribution in [0.15, 0.2) is 41.0 Å². The molecule has 122 valence electrons. The molecule has 1 aromatic carbocycles. The Kier molecular flexibility index (Phi) is 5.51. The molecular weight excluding hydrogens is 301 g/mol. The predicted molar refractivity (Wildman–Crippen MR) is 81.8 cm³/mol. The predicted octanol–water partition coefficient (Wildman–Crippen LogP) is 2.97. The minimum absolute atomic E-state index is 0.0868. The lowest BCUT2D eigenvalue weighted by molar-refractivity contribution is -0.138. The van der Waals surface area contributed by atoms with Crippen molar-refractivity contribution in [3.05, 3.63) is 59.3 Å². The Labute approximate surface area is 133 Å². The highest BCUT2D eigenvalue weighted by molar-refractivity contribution is 5.95. The summed E-state index contributed by atoms with van der Waals surface area (Å²) in [5.74, 6) is -2.27. The Balaban J connectivity index is 2.06. The summed E-state index contributed by atoms with van der Waals surface area (Å²) < 4.78 is 18.2. The van der Waals surface area contributed by atoms with Crippen LogP contribution in [0.25, 0.3) is 0 Å². The fourth-order valence-corrected chi connectivity index (χ4v) is 2.30. The fourth-order valence-electron chi connectivity index (χ4n) is 2.30. The van der Waals surface area contributed by atoms with Crippen molar-refractivity contribution >= 4 is 11.9 Å². The number of amides is 1. The van der Waals surface area contributed by atoms with Crippen LogP contribution in [0.3, 0.4) is 0 Å². The van der Waals surface area contributed by atoms with Crippen molar-refractivity contribution in [1.29, 1.82) is 0 Å². The largest absolute Gasteiger partial charge is 0.481 e. The molecular formula is C17H18FNO4. The molecule has 1 heterocycles. The monoisotopic (exact) mass is 319 g/mol. The minimum atomic E-state index is -1.09. The van der Waals surface area contributed by atoms with Gasteiger partial charge in [-0.1, -0.05) is 19.1 Å². The molecule has 0 aliphatic carbocycles. The average Bonchev–Trinajstić information content (AvgIpc) is 2.97. The summed E-state index contributed by atoms with van der Waals surface area (Å²) in [6.45, 7) is 1.88. The van der Waals surface area contributed by atoms with Crippen LogP contribution in [0, 0.1) is 5.82 Å². The van der Waals surface area contributed by atoms with Gasteiger partial charge in [-0.2, -0.15) is 0 Å². The molecule has 0 aliphatic heterocycles. The third-order valence-electron chi connectivity index (χ3n) is 3.50. The number of aliphatic carboxylic acids is 1. The first-order valence-corrected chi connectivity index (χ1v) is 7.35. The summed E-state index contributed by atoms with van der Waals surface area (Å²) in [5, 5.41) is 11.9. The summed E-state index contributed by atoms with van der Waals surface area (Å²) in [6.07, 6.45) is 2.91. The van der Waals surface area contributed by atoms with Crippen molar-refractivity contribution in [1.82, 2.24) is 5.32 Å². The Hall–Kier alpha value is -2.63. The molecule has 5 nitrogen and oxygen atoms in total. The second kappa shape index (κ2) is 7.58. The third-order valence-corrected chi connectivity index (χ3v) is 3.50. The van der Waals surface area contributed by atoms with Gasteiger partial charge in [0.05, 0.1) is 17.7 Å². The highest BCUT2D eigenvalue weighted by Crippen LogP contribution is 2.17. The van der Waals surface area contributed by atoms with E-state index in [9.17, 15) is 19.1 Å². The lowest BCUT2D eigenvalue weighted by Gasteiger charge is -2.14. The standard InChI is InChI=1S/C17H18FNO4/c1-2-3-15-13(8-9-23-15)16(20)19-10-14(17(21)22)11-4-6-12(18)7-5-11/h4-9,14H,2-3,10H2,1H3,(H,19,20)(H,21,22). The molecule has 0 fully saturated rings. The molecule has 2 N–H and O–H groups in total. The summed E-state index contributed by atoms with van der Waals surface area (Å²) in [7, 11) is 0. The van der Waals surface area contributed by atoms with Crippen molar-refractivity contribution in [2.24, 2.45) is 0 Å². The molecule has 1 amide bonds. The Morgan fingerprint density at radius 2 is 1.96 bits per heavy atom. The Morgan fingerprint density at radius 3 is 2.57 bits per heavy atom. The van der Waals surface area contributed by atoms with Crippen molar-refractivity contribution in [3.63, 3.8) is 0 Å².